The molecule has 10 aromatic rings. The average Bonchev–Trinajstić information content (AvgIpc) is 1.58. The Morgan fingerprint density at radius 3 is 2.00 bits per heavy atom. The maximum absolute atomic E-state index is 5.47. The van der Waals surface area contributed by atoms with E-state index < -0.39 is 0 Å². The molecule has 1 aliphatic heterocycles. The van der Waals surface area contributed by atoms with E-state index >= 15 is 0 Å². The van der Waals surface area contributed by atoms with Gasteiger partial charge in [-0.2, -0.15) is 0 Å². The third kappa shape index (κ3) is 7.94. The molecule has 6 nitrogen and oxygen atoms in total. The second-order valence-electron chi connectivity index (χ2n) is 29.0. The minimum Gasteiger partial charge on any atom is -0.344 e. The van der Waals surface area contributed by atoms with Crippen LogP contribution in [0.2, 0.25) is 0 Å². The molecule has 0 saturated heterocycles. The van der Waals surface area contributed by atoms with Gasteiger partial charge in [0.15, 0.2) is 5.84 Å². The van der Waals surface area contributed by atoms with Gasteiger partial charge >= 0.3 is 0 Å². The molecule has 2 fully saturated rings. The van der Waals surface area contributed by atoms with Crippen LogP contribution in [-0.2, 0) is 10.8 Å². The zero-order valence-electron chi connectivity index (χ0n) is 53.1. The van der Waals surface area contributed by atoms with Gasteiger partial charge in [-0.25, -0.2) is 9.98 Å². The lowest BCUT2D eigenvalue weighted by molar-refractivity contribution is 0.405. The molecule has 2 saturated carbocycles. The molecular weight excluding hydrogens is 1130 g/mol. The molecule has 8 unspecified atom stereocenters. The van der Waals surface area contributed by atoms with Gasteiger partial charge in [-0.3, -0.25) is 0 Å². The summed E-state index contributed by atoms with van der Waals surface area (Å²) < 4.78 is 5.32. The van der Waals surface area contributed by atoms with Crippen LogP contribution in [0.4, 0.5) is 5.69 Å². The van der Waals surface area contributed by atoms with E-state index in [4.69, 9.17) is 9.98 Å². The summed E-state index contributed by atoms with van der Waals surface area (Å²) in [5.74, 6) is 4.05. The molecule has 1 N–H and O–H groups in total. The third-order valence-corrected chi connectivity index (χ3v) is 23.4. The number of nitrogens with one attached hydrogen (secondary N) is 1. The molecule has 8 aromatic carbocycles. The maximum atomic E-state index is 5.47. The van der Waals surface area contributed by atoms with Crippen LogP contribution in [0.15, 0.2) is 281 Å². The highest BCUT2D eigenvalue weighted by molar-refractivity contribution is 6.19. The molecule has 450 valence electrons. The Labute approximate surface area is 543 Å². The van der Waals surface area contributed by atoms with Gasteiger partial charge in [0.05, 0.1) is 12.1 Å². The number of anilines is 1. The molecular formula is C87H72N6. The van der Waals surface area contributed by atoms with Crippen molar-refractivity contribution in [2.24, 2.45) is 33.7 Å². The Hall–Kier alpha value is -10.0. The summed E-state index contributed by atoms with van der Waals surface area (Å²) >= 11 is 0. The summed E-state index contributed by atoms with van der Waals surface area (Å²) in [7, 11) is 0. The number of rotatable bonds is 9. The first-order valence-electron chi connectivity index (χ1n) is 34.1. The van der Waals surface area contributed by atoms with Crippen molar-refractivity contribution in [3.63, 3.8) is 0 Å². The number of hydrogen-bond acceptors (Lipinski definition) is 4. The van der Waals surface area contributed by atoms with Crippen molar-refractivity contribution in [2.75, 3.05) is 4.90 Å². The number of hydrogen-bond donors (Lipinski definition) is 1. The average molecular weight is 1200 g/mol. The summed E-state index contributed by atoms with van der Waals surface area (Å²) in [6.45, 7) is 10.00. The van der Waals surface area contributed by atoms with Crippen LogP contribution in [0.1, 0.15) is 134 Å². The fourth-order valence-electron chi connectivity index (χ4n) is 18.6. The van der Waals surface area contributed by atoms with Crippen LogP contribution in [0.3, 0.4) is 0 Å². The summed E-state index contributed by atoms with van der Waals surface area (Å²) in [5, 5.41) is 10.2. The van der Waals surface area contributed by atoms with Crippen molar-refractivity contribution in [3.8, 4) is 0 Å². The van der Waals surface area contributed by atoms with E-state index in [2.05, 4.69) is 296 Å². The predicted molar refractivity (Wildman–Crippen MR) is 385 cm³/mol. The van der Waals surface area contributed by atoms with E-state index in [0.29, 0.717) is 29.7 Å². The molecule has 0 bridgehead atoms. The number of amidine groups is 2. The van der Waals surface area contributed by atoms with Crippen LogP contribution in [0, 0.1) is 23.7 Å². The molecule has 0 amide bonds. The molecule has 20 rings (SSSR count). The smallest absolute Gasteiger partial charge is 0.160 e. The van der Waals surface area contributed by atoms with Crippen molar-refractivity contribution in [3.05, 3.63) is 321 Å². The van der Waals surface area contributed by atoms with E-state index in [0.717, 1.165) is 54.0 Å². The van der Waals surface area contributed by atoms with Crippen molar-refractivity contribution >= 4 is 78.1 Å². The second kappa shape index (κ2) is 19.7. The lowest BCUT2D eigenvalue weighted by atomic mass is 9.73. The lowest BCUT2D eigenvalue weighted by Gasteiger charge is -2.38. The molecule has 0 radical (unpaired) electrons. The van der Waals surface area contributed by atoms with Gasteiger partial charge in [-0.1, -0.05) is 228 Å². The number of benzene rings is 8. The van der Waals surface area contributed by atoms with Crippen LogP contribution < -0.4 is 10.2 Å². The second-order valence-corrected chi connectivity index (χ2v) is 29.0. The zero-order chi connectivity index (χ0) is 61.6. The van der Waals surface area contributed by atoms with E-state index in [1.165, 1.54) is 123 Å². The minimum atomic E-state index is -0.290. The van der Waals surface area contributed by atoms with Crippen molar-refractivity contribution in [2.45, 2.75) is 94.8 Å². The lowest BCUT2D eigenvalue weighted by Crippen LogP contribution is -2.33. The maximum Gasteiger partial charge on any atom is 0.160 e. The first-order valence-corrected chi connectivity index (χ1v) is 34.1. The fourth-order valence-corrected chi connectivity index (χ4v) is 18.6. The zero-order valence-corrected chi connectivity index (χ0v) is 53.1. The first-order chi connectivity index (χ1) is 45.6. The van der Waals surface area contributed by atoms with E-state index in [1.807, 2.05) is 0 Å². The Bertz CT molecular complexity index is 5270. The number of aromatic nitrogens is 2. The number of nitrogens with zero attached hydrogens (tertiary/aromatic N) is 5. The predicted octanol–water partition coefficient (Wildman–Crippen LogP) is 20.4. The van der Waals surface area contributed by atoms with Gasteiger partial charge in [0.25, 0.3) is 0 Å². The molecule has 2 aromatic heterocycles. The van der Waals surface area contributed by atoms with Crippen LogP contribution >= 0.6 is 0 Å². The molecule has 6 heteroatoms. The number of fused-ring (bicyclic) bond motifs is 16. The van der Waals surface area contributed by atoms with Crippen molar-refractivity contribution in [1.29, 1.82) is 0 Å². The summed E-state index contributed by atoms with van der Waals surface area (Å²) in [6.07, 6.45) is 32.5. The van der Waals surface area contributed by atoms with Gasteiger partial charge in [-0.15, -0.1) is 0 Å². The Balaban J connectivity index is 0.682. The van der Waals surface area contributed by atoms with Gasteiger partial charge < -0.3 is 19.4 Å². The highest BCUT2D eigenvalue weighted by atomic mass is 15.2. The molecule has 93 heavy (non-hydrogen) atoms. The highest BCUT2D eigenvalue weighted by Gasteiger charge is 2.51. The molecule has 9 aliphatic carbocycles. The monoisotopic (exact) mass is 1200 g/mol. The van der Waals surface area contributed by atoms with Crippen LogP contribution in [0.25, 0.3) is 60.7 Å². The van der Waals surface area contributed by atoms with E-state index in [1.54, 1.807) is 5.69 Å². The van der Waals surface area contributed by atoms with Gasteiger partial charge in [0.1, 0.15) is 12.0 Å². The molecule has 10 aliphatic rings. The van der Waals surface area contributed by atoms with Gasteiger partial charge in [0.2, 0.25) is 0 Å². The van der Waals surface area contributed by atoms with E-state index in [9.17, 15) is 0 Å². The quantitative estimate of drug-likeness (QED) is 0.157. The Morgan fingerprint density at radius 1 is 0.548 bits per heavy atom. The van der Waals surface area contributed by atoms with Crippen molar-refractivity contribution in [1.82, 2.24) is 14.5 Å². The van der Waals surface area contributed by atoms with Crippen LogP contribution in [0.5, 0.6) is 0 Å². The number of allylic oxidation sites excluding steroid dienone is 17. The minimum absolute atomic E-state index is 0.182. The molecule has 8 atom stereocenters. The summed E-state index contributed by atoms with van der Waals surface area (Å²) in [5.41, 5.74) is 26.7. The third-order valence-electron chi connectivity index (χ3n) is 23.4. The number of aliphatic imine (C=N–C) groups is 2. The SMILES string of the molecule is CC1(C)C2=C(C=CC(n3c4ccccc4c4ccccc43)C2)c2ccc(N(C3=CC=C4c5c(cc(C6=NC(c7ccccc7)NC(c7ccccc7)=N6)c6ccccc56)C(C)(C)C4C3)C3=CC=C(C4=CCC(n5c6c(c7ccccc75)C=CC5CC65)C=C4)C4CC34)cc21. The van der Waals surface area contributed by atoms with E-state index in [-0.39, 0.29) is 29.0 Å². The molecule has 0 spiro atoms. The van der Waals surface area contributed by atoms with Gasteiger partial charge in [0, 0.05) is 89.4 Å². The van der Waals surface area contributed by atoms with Gasteiger partial charge in [-0.05, 0) is 170 Å². The largest absolute Gasteiger partial charge is 0.344 e. The Morgan fingerprint density at radius 2 is 1.24 bits per heavy atom. The summed E-state index contributed by atoms with van der Waals surface area (Å²) in [6, 6.07) is 67.8. The first kappa shape index (κ1) is 53.6. The standard InChI is InChI=1S/C87H72N6/c1-86(2)73-46-56(36-40-61(73)62-41-37-58(48-74(62)86)92-77-28-16-13-24-63(77)64-25-14-17-29-78(64)92)91(80-44-43-59(70-49-71(70)80)51-31-34-55(35-32-51)93-79-30-18-15-26-65(79)67-39-33-54-45-69(54)82(67)93)57-38-42-68-75(47-57)87(3,4)76-50-72(60-23-11-12-27-66(60)81(68)76)85-89-83(52-19-7-5-8-20-52)88-84(90-85)53-21-9-6-10-22-53/h5-34,36-44,46,50,54-55,58,69-71,75,83H,35,45,47-49H2,1-4H3,(H,88,89,90). The normalized spacial score (nSPS) is 25.3. The highest BCUT2D eigenvalue weighted by Crippen LogP contribution is 2.62. The van der Waals surface area contributed by atoms with Crippen molar-refractivity contribution < 1.29 is 0 Å². The molecule has 3 heterocycles. The van der Waals surface area contributed by atoms with Crippen LogP contribution in [-0.4, -0.2) is 20.8 Å². The fraction of sp³-hybridized carbons (Fsp3) is 0.218. The Kier molecular flexibility index (Phi) is 11.4. The summed E-state index contributed by atoms with van der Waals surface area (Å²) in [4.78, 5) is 13.6. The number of para-hydroxylation sites is 3. The topological polar surface area (TPSA) is 49.9 Å².